The fourth-order valence-electron chi connectivity index (χ4n) is 0.745. The number of carbonyl (C=O) groups excluding carboxylic acids is 1. The van der Waals surface area contributed by atoms with Crippen LogP contribution in [0.5, 0.6) is 0 Å². The molecule has 14 heavy (non-hydrogen) atoms. The minimum Gasteiger partial charge on any atom is -0.461 e. The van der Waals surface area contributed by atoms with Crippen molar-refractivity contribution in [2.24, 2.45) is 0 Å². The molecule has 3 nitrogen and oxygen atoms in total. The van der Waals surface area contributed by atoms with Gasteiger partial charge in [-0.3, -0.25) is 0 Å². The molecule has 0 saturated carbocycles. The second kappa shape index (κ2) is 5.68. The van der Waals surface area contributed by atoms with Crippen molar-refractivity contribution >= 4 is 29.9 Å². The summed E-state index contributed by atoms with van der Waals surface area (Å²) in [5.41, 5.74) is 0.320. The Hall–Kier alpha value is -0.990. The van der Waals surface area contributed by atoms with Gasteiger partial charge in [-0.05, 0) is 12.8 Å². The number of esters is 1. The summed E-state index contributed by atoms with van der Waals surface area (Å²) in [6, 6.07) is 0. The van der Waals surface area contributed by atoms with Gasteiger partial charge in [0.15, 0.2) is 10.7 Å². The van der Waals surface area contributed by atoms with E-state index in [1.54, 1.807) is 12.3 Å². The van der Waals surface area contributed by atoms with Gasteiger partial charge in [-0.25, -0.2) is 9.78 Å². The normalized spacial score (nSPS) is 9.00. The summed E-state index contributed by atoms with van der Waals surface area (Å²) in [4.78, 5) is 15.2. The topological polar surface area (TPSA) is 39.2 Å². The van der Waals surface area contributed by atoms with Gasteiger partial charge in [-0.1, -0.05) is 5.92 Å². The van der Waals surface area contributed by atoms with Gasteiger partial charge in [0.1, 0.15) is 0 Å². The molecule has 0 N–H and O–H groups in total. The number of carbonyl (C=O) groups is 1. The van der Waals surface area contributed by atoms with Crippen molar-refractivity contribution in [3.05, 3.63) is 16.1 Å². The van der Waals surface area contributed by atoms with Gasteiger partial charge in [-0.2, -0.15) is 12.6 Å². The minimum atomic E-state index is -0.400. The molecule has 0 unspecified atom stereocenters. The SMILES string of the molecule is CCOC(=O)c1csc(C#CCS)n1. The fraction of sp³-hybridized carbons (Fsp3) is 0.333. The molecular formula is C9H9NO2S2. The highest BCUT2D eigenvalue weighted by molar-refractivity contribution is 7.80. The van der Waals surface area contributed by atoms with Crippen LogP contribution in [0.15, 0.2) is 5.38 Å². The van der Waals surface area contributed by atoms with Crippen LogP contribution in [0.3, 0.4) is 0 Å². The maximum Gasteiger partial charge on any atom is 0.357 e. The molecule has 0 spiro atoms. The van der Waals surface area contributed by atoms with Crippen LogP contribution in [0, 0.1) is 11.8 Å². The lowest BCUT2D eigenvalue weighted by Gasteiger charge is -1.95. The molecular weight excluding hydrogens is 218 g/mol. The van der Waals surface area contributed by atoms with Crippen LogP contribution in [0.2, 0.25) is 0 Å². The molecule has 0 aromatic carbocycles. The molecule has 0 aliphatic rings. The first-order chi connectivity index (χ1) is 6.77. The second-order valence-electron chi connectivity index (χ2n) is 2.22. The van der Waals surface area contributed by atoms with Crippen LogP contribution >= 0.6 is 24.0 Å². The van der Waals surface area contributed by atoms with Crippen molar-refractivity contribution < 1.29 is 9.53 Å². The maximum atomic E-state index is 11.2. The maximum absolute atomic E-state index is 11.2. The number of ether oxygens (including phenoxy) is 1. The van der Waals surface area contributed by atoms with Crippen molar-refractivity contribution in [1.29, 1.82) is 0 Å². The summed E-state index contributed by atoms with van der Waals surface area (Å²) in [5.74, 6) is 5.62. The predicted molar refractivity (Wildman–Crippen MR) is 58.8 cm³/mol. The van der Waals surface area contributed by atoms with Gasteiger partial charge >= 0.3 is 5.97 Å². The van der Waals surface area contributed by atoms with Crippen molar-refractivity contribution in [3.63, 3.8) is 0 Å². The Bertz CT molecular complexity index is 376. The number of hydrogen-bond acceptors (Lipinski definition) is 5. The second-order valence-corrected chi connectivity index (χ2v) is 3.39. The first-order valence-electron chi connectivity index (χ1n) is 4.00. The van der Waals surface area contributed by atoms with Crippen LogP contribution in [-0.2, 0) is 4.74 Å². The molecule has 0 aliphatic heterocycles. The first-order valence-corrected chi connectivity index (χ1v) is 5.51. The first kappa shape index (κ1) is 11.1. The Morgan fingerprint density at radius 1 is 1.79 bits per heavy atom. The summed E-state index contributed by atoms with van der Waals surface area (Å²) in [5, 5.41) is 2.25. The monoisotopic (exact) mass is 227 g/mol. The summed E-state index contributed by atoms with van der Waals surface area (Å²) in [6.07, 6.45) is 0. The van der Waals surface area contributed by atoms with E-state index in [4.69, 9.17) is 4.74 Å². The lowest BCUT2D eigenvalue weighted by Crippen LogP contribution is -2.04. The molecule has 74 valence electrons. The van der Waals surface area contributed by atoms with E-state index in [-0.39, 0.29) is 0 Å². The third kappa shape index (κ3) is 3.05. The van der Waals surface area contributed by atoms with Crippen LogP contribution in [0.1, 0.15) is 22.4 Å². The molecule has 1 rings (SSSR count). The van der Waals surface area contributed by atoms with Gasteiger partial charge in [0.2, 0.25) is 0 Å². The van der Waals surface area contributed by atoms with E-state index >= 15 is 0 Å². The Morgan fingerprint density at radius 2 is 2.57 bits per heavy atom. The smallest absolute Gasteiger partial charge is 0.357 e. The summed E-state index contributed by atoms with van der Waals surface area (Å²) in [6.45, 7) is 2.11. The molecule has 0 bridgehead atoms. The number of thiazole rings is 1. The molecule has 1 aromatic heterocycles. The van der Waals surface area contributed by atoms with Gasteiger partial charge in [0.05, 0.1) is 12.4 Å². The van der Waals surface area contributed by atoms with Gasteiger partial charge in [0.25, 0.3) is 0 Å². The van der Waals surface area contributed by atoms with Crippen LogP contribution in [0.25, 0.3) is 0 Å². The summed E-state index contributed by atoms with van der Waals surface area (Å²) < 4.78 is 4.79. The highest BCUT2D eigenvalue weighted by Gasteiger charge is 2.09. The van der Waals surface area contributed by atoms with Gasteiger partial charge in [0, 0.05) is 5.38 Å². The van der Waals surface area contributed by atoms with E-state index in [1.807, 2.05) is 0 Å². The summed E-state index contributed by atoms with van der Waals surface area (Å²) in [7, 11) is 0. The zero-order chi connectivity index (χ0) is 10.4. The van der Waals surface area contributed by atoms with Gasteiger partial charge in [-0.15, -0.1) is 11.3 Å². The van der Waals surface area contributed by atoms with Crippen LogP contribution in [-0.4, -0.2) is 23.3 Å². The average Bonchev–Trinajstić information content (AvgIpc) is 2.63. The Balaban J connectivity index is 2.72. The number of rotatable bonds is 2. The molecule has 5 heteroatoms. The van der Waals surface area contributed by atoms with Crippen molar-refractivity contribution in [2.45, 2.75) is 6.92 Å². The quantitative estimate of drug-likeness (QED) is 0.474. The van der Waals surface area contributed by atoms with Gasteiger partial charge < -0.3 is 4.74 Å². The van der Waals surface area contributed by atoms with E-state index in [0.29, 0.717) is 23.1 Å². The summed E-state index contributed by atoms with van der Waals surface area (Å²) >= 11 is 5.27. The van der Waals surface area contributed by atoms with Crippen LogP contribution < -0.4 is 0 Å². The van der Waals surface area contributed by atoms with Crippen molar-refractivity contribution in [3.8, 4) is 11.8 Å². The van der Waals surface area contributed by atoms with Crippen molar-refractivity contribution in [1.82, 2.24) is 4.98 Å². The molecule has 0 fully saturated rings. The third-order valence-electron chi connectivity index (χ3n) is 1.26. The Morgan fingerprint density at radius 3 is 3.21 bits per heavy atom. The predicted octanol–water partition coefficient (Wildman–Crippen LogP) is 1.60. The molecule has 1 heterocycles. The number of aromatic nitrogens is 1. The highest BCUT2D eigenvalue weighted by atomic mass is 32.1. The van der Waals surface area contributed by atoms with E-state index in [1.165, 1.54) is 11.3 Å². The largest absolute Gasteiger partial charge is 0.461 e. The molecule has 0 aliphatic carbocycles. The standard InChI is InChI=1S/C9H9NO2S2/c1-2-12-9(11)7-6-14-8(10-7)4-3-5-13/h6,13H,2,5H2,1H3. The van der Waals surface area contributed by atoms with E-state index in [2.05, 4.69) is 29.5 Å². The van der Waals surface area contributed by atoms with Crippen LogP contribution in [0.4, 0.5) is 0 Å². The highest BCUT2D eigenvalue weighted by Crippen LogP contribution is 2.09. The number of hydrogen-bond donors (Lipinski definition) is 1. The lowest BCUT2D eigenvalue weighted by molar-refractivity contribution is 0.0520. The molecule has 1 aromatic rings. The Kier molecular flexibility index (Phi) is 4.50. The van der Waals surface area contributed by atoms with E-state index in [0.717, 1.165) is 0 Å². The lowest BCUT2D eigenvalue weighted by atomic mass is 10.5. The molecule has 0 atom stereocenters. The molecule has 0 saturated heterocycles. The number of nitrogens with zero attached hydrogens (tertiary/aromatic N) is 1. The average molecular weight is 227 g/mol. The molecule has 0 radical (unpaired) electrons. The minimum absolute atomic E-state index is 0.320. The zero-order valence-electron chi connectivity index (χ0n) is 7.61. The van der Waals surface area contributed by atoms with E-state index in [9.17, 15) is 4.79 Å². The zero-order valence-corrected chi connectivity index (χ0v) is 9.32. The number of thiol groups is 1. The third-order valence-corrected chi connectivity index (χ3v) is 2.18. The molecule has 0 amide bonds. The Labute approximate surface area is 91.9 Å². The van der Waals surface area contributed by atoms with E-state index < -0.39 is 5.97 Å². The van der Waals surface area contributed by atoms with Crippen molar-refractivity contribution in [2.75, 3.05) is 12.4 Å². The fourth-order valence-corrected chi connectivity index (χ4v) is 1.48.